The van der Waals surface area contributed by atoms with Crippen LogP contribution in [-0.4, -0.2) is 0 Å². The van der Waals surface area contributed by atoms with Crippen LogP contribution in [0.15, 0.2) is 95.4 Å². The molecule has 168 valence electrons. The van der Waals surface area contributed by atoms with E-state index in [1.54, 1.807) is 0 Å². The molecular formula is C34H26O. The average Bonchev–Trinajstić information content (AvgIpc) is 3.42. The Balaban J connectivity index is 1.46. The lowest BCUT2D eigenvalue weighted by Crippen LogP contribution is -1.90. The van der Waals surface area contributed by atoms with E-state index in [-0.39, 0.29) is 0 Å². The van der Waals surface area contributed by atoms with Crippen LogP contribution < -0.4 is 0 Å². The van der Waals surface area contributed by atoms with Crippen LogP contribution in [0.25, 0.3) is 55.3 Å². The van der Waals surface area contributed by atoms with E-state index in [9.17, 15) is 0 Å². The van der Waals surface area contributed by atoms with Gasteiger partial charge in [0.1, 0.15) is 11.2 Å². The maximum absolute atomic E-state index is 6.75. The summed E-state index contributed by atoms with van der Waals surface area (Å²) in [7, 11) is 0. The third kappa shape index (κ3) is 3.01. The van der Waals surface area contributed by atoms with E-state index in [4.69, 9.17) is 4.42 Å². The van der Waals surface area contributed by atoms with Crippen LogP contribution in [0.1, 0.15) is 27.8 Å². The molecule has 0 radical (unpaired) electrons. The van der Waals surface area contributed by atoms with Crippen molar-refractivity contribution in [3.63, 3.8) is 0 Å². The first-order chi connectivity index (χ1) is 17.1. The lowest BCUT2D eigenvalue weighted by Gasteiger charge is -2.12. The van der Waals surface area contributed by atoms with E-state index in [0.717, 1.165) is 23.2 Å². The lowest BCUT2D eigenvalue weighted by atomic mass is 9.92. The second kappa shape index (κ2) is 7.45. The number of para-hydroxylation sites is 2. The molecule has 0 atom stereocenters. The topological polar surface area (TPSA) is 13.1 Å². The van der Waals surface area contributed by atoms with Gasteiger partial charge >= 0.3 is 0 Å². The van der Waals surface area contributed by atoms with Crippen molar-refractivity contribution in [1.82, 2.24) is 0 Å². The van der Waals surface area contributed by atoms with Crippen LogP contribution in [0, 0.1) is 20.8 Å². The van der Waals surface area contributed by atoms with Gasteiger partial charge in [-0.15, -0.1) is 0 Å². The molecule has 0 unspecified atom stereocenters. The summed E-state index contributed by atoms with van der Waals surface area (Å²) in [5.41, 5.74) is 16.1. The van der Waals surface area contributed by atoms with E-state index in [2.05, 4.69) is 112 Å². The molecule has 0 bridgehead atoms. The zero-order chi connectivity index (χ0) is 23.7. The van der Waals surface area contributed by atoms with Gasteiger partial charge < -0.3 is 4.42 Å². The number of benzene rings is 5. The van der Waals surface area contributed by atoms with E-state index in [1.165, 1.54) is 66.4 Å². The van der Waals surface area contributed by atoms with E-state index >= 15 is 0 Å². The summed E-state index contributed by atoms with van der Waals surface area (Å²) >= 11 is 0. The van der Waals surface area contributed by atoms with E-state index < -0.39 is 0 Å². The van der Waals surface area contributed by atoms with Crippen LogP contribution in [0.5, 0.6) is 0 Å². The van der Waals surface area contributed by atoms with Gasteiger partial charge in [0, 0.05) is 21.9 Å². The van der Waals surface area contributed by atoms with Gasteiger partial charge in [0.25, 0.3) is 0 Å². The van der Waals surface area contributed by atoms with Crippen LogP contribution in [0.3, 0.4) is 0 Å². The third-order valence-corrected chi connectivity index (χ3v) is 7.58. The molecule has 1 nitrogen and oxygen atoms in total. The Kier molecular flexibility index (Phi) is 4.32. The zero-order valence-electron chi connectivity index (χ0n) is 20.3. The van der Waals surface area contributed by atoms with Crippen molar-refractivity contribution in [2.45, 2.75) is 27.2 Å². The highest BCUT2D eigenvalue weighted by Gasteiger charge is 2.21. The maximum Gasteiger partial charge on any atom is 0.143 e. The first-order valence-electron chi connectivity index (χ1n) is 12.3. The number of rotatable bonds is 2. The van der Waals surface area contributed by atoms with Gasteiger partial charge in [-0.2, -0.15) is 0 Å². The van der Waals surface area contributed by atoms with Gasteiger partial charge in [-0.1, -0.05) is 90.5 Å². The minimum Gasteiger partial charge on any atom is -0.455 e. The fraction of sp³-hybridized carbons (Fsp3) is 0.118. The molecule has 0 spiro atoms. The van der Waals surface area contributed by atoms with Gasteiger partial charge in [-0.25, -0.2) is 0 Å². The number of fused-ring (bicyclic) bond motifs is 6. The van der Waals surface area contributed by atoms with Crippen molar-refractivity contribution < 1.29 is 4.42 Å². The Hall–Kier alpha value is -4.10. The highest BCUT2D eigenvalue weighted by Crippen LogP contribution is 2.43. The van der Waals surface area contributed by atoms with Gasteiger partial charge in [0.2, 0.25) is 0 Å². The first-order valence-corrected chi connectivity index (χ1v) is 12.3. The smallest absolute Gasteiger partial charge is 0.143 e. The highest BCUT2D eigenvalue weighted by atomic mass is 16.3. The summed E-state index contributed by atoms with van der Waals surface area (Å²) in [6.45, 7) is 6.56. The summed E-state index contributed by atoms with van der Waals surface area (Å²) in [4.78, 5) is 0. The molecule has 0 saturated carbocycles. The van der Waals surface area contributed by atoms with Crippen LogP contribution in [0.4, 0.5) is 0 Å². The highest BCUT2D eigenvalue weighted by molar-refractivity contribution is 6.13. The largest absolute Gasteiger partial charge is 0.455 e. The minimum absolute atomic E-state index is 0.962. The van der Waals surface area contributed by atoms with Gasteiger partial charge in [0.15, 0.2) is 0 Å². The number of furan rings is 1. The monoisotopic (exact) mass is 450 g/mol. The third-order valence-electron chi connectivity index (χ3n) is 7.58. The Morgan fingerprint density at radius 3 is 1.94 bits per heavy atom. The van der Waals surface area contributed by atoms with Crippen molar-refractivity contribution >= 4 is 21.9 Å². The Morgan fingerprint density at radius 2 is 1.17 bits per heavy atom. The maximum atomic E-state index is 6.75. The van der Waals surface area contributed by atoms with Gasteiger partial charge in [-0.05, 0) is 77.8 Å². The molecule has 1 heteroatoms. The molecule has 1 heterocycles. The Labute approximate surface area is 205 Å². The van der Waals surface area contributed by atoms with E-state index in [0.29, 0.717) is 0 Å². The standard InChI is InChI=1S/C34H26O/c1-20-16-21(2)32(22(3)17-20)30-13-7-12-29-28-11-6-10-27(33(28)35-34(29)30)25-15-14-24-18-23-8-4-5-9-26(23)31(24)19-25/h4-17,19H,18H2,1-3H3. The normalized spacial score (nSPS) is 12.3. The summed E-state index contributed by atoms with van der Waals surface area (Å²) in [5.74, 6) is 0. The fourth-order valence-corrected chi connectivity index (χ4v) is 6.14. The molecule has 6 aromatic rings. The molecular weight excluding hydrogens is 424 g/mol. The first kappa shape index (κ1) is 20.3. The Morgan fingerprint density at radius 1 is 0.543 bits per heavy atom. The molecule has 1 aromatic heterocycles. The van der Waals surface area contributed by atoms with Crippen molar-refractivity contribution in [3.8, 4) is 33.4 Å². The molecule has 7 rings (SSSR count). The summed E-state index contributed by atoms with van der Waals surface area (Å²) < 4.78 is 6.75. The fourth-order valence-electron chi connectivity index (χ4n) is 6.14. The lowest BCUT2D eigenvalue weighted by molar-refractivity contribution is 0.671. The van der Waals surface area contributed by atoms with Crippen molar-refractivity contribution in [1.29, 1.82) is 0 Å². The predicted octanol–water partition coefficient (Wildman–Crippen LogP) is 9.42. The second-order valence-corrected chi connectivity index (χ2v) is 9.95. The van der Waals surface area contributed by atoms with Gasteiger partial charge in [0.05, 0.1) is 0 Å². The van der Waals surface area contributed by atoms with E-state index in [1.807, 2.05) is 0 Å². The average molecular weight is 451 g/mol. The molecule has 1 aliphatic carbocycles. The number of hydrogen-bond donors (Lipinski definition) is 0. The molecule has 0 amide bonds. The van der Waals surface area contributed by atoms with Crippen LogP contribution >= 0.6 is 0 Å². The predicted molar refractivity (Wildman–Crippen MR) is 147 cm³/mol. The zero-order valence-corrected chi connectivity index (χ0v) is 20.3. The summed E-state index contributed by atoms with van der Waals surface area (Å²) in [5, 5.41) is 2.34. The molecule has 35 heavy (non-hydrogen) atoms. The Bertz CT molecular complexity index is 1770. The van der Waals surface area contributed by atoms with Crippen LogP contribution in [0.2, 0.25) is 0 Å². The second-order valence-electron chi connectivity index (χ2n) is 9.95. The number of aryl methyl sites for hydroxylation is 3. The number of hydrogen-bond acceptors (Lipinski definition) is 1. The quantitative estimate of drug-likeness (QED) is 0.256. The van der Waals surface area contributed by atoms with Crippen LogP contribution in [-0.2, 0) is 6.42 Å². The molecule has 0 N–H and O–H groups in total. The SMILES string of the molecule is Cc1cc(C)c(-c2cccc3c2oc2c(-c4ccc5c(c4)-c4ccccc4C5)cccc23)c(C)c1. The molecule has 1 aliphatic rings. The van der Waals surface area contributed by atoms with Crippen molar-refractivity contribution in [3.05, 3.63) is 119 Å². The molecule has 0 aliphatic heterocycles. The van der Waals surface area contributed by atoms with Crippen molar-refractivity contribution in [2.24, 2.45) is 0 Å². The van der Waals surface area contributed by atoms with Crippen molar-refractivity contribution in [2.75, 3.05) is 0 Å². The summed E-state index contributed by atoms with van der Waals surface area (Å²) in [6.07, 6.45) is 1.01. The molecule has 0 fully saturated rings. The molecule has 0 saturated heterocycles. The summed E-state index contributed by atoms with van der Waals surface area (Å²) in [6, 6.07) is 33.2. The molecule has 5 aromatic carbocycles. The minimum atomic E-state index is 0.962. The van der Waals surface area contributed by atoms with Gasteiger partial charge in [-0.3, -0.25) is 0 Å².